The van der Waals surface area contributed by atoms with Crippen molar-refractivity contribution >= 4 is 5.97 Å². The zero-order valence-electron chi connectivity index (χ0n) is 22.4. The second-order valence-corrected chi connectivity index (χ2v) is 14.9. The molecule has 5 aliphatic rings. The van der Waals surface area contributed by atoms with Crippen LogP contribution in [0, 0.1) is 44.8 Å². The average molecular weight is 473 g/mol. The third kappa shape index (κ3) is 3.26. The lowest BCUT2D eigenvalue weighted by molar-refractivity contribution is -0.170. The first-order valence-corrected chi connectivity index (χ1v) is 14.0. The summed E-state index contributed by atoms with van der Waals surface area (Å²) in [5.41, 5.74) is 2.34. The van der Waals surface area contributed by atoms with Crippen molar-refractivity contribution in [3.8, 4) is 0 Å². The predicted molar refractivity (Wildman–Crippen MR) is 134 cm³/mol. The van der Waals surface area contributed by atoms with Gasteiger partial charge in [0.05, 0.1) is 17.6 Å². The predicted octanol–water partition coefficient (Wildman–Crippen LogP) is 6.35. The third-order valence-electron chi connectivity index (χ3n) is 12.4. The average Bonchev–Trinajstić information content (AvgIpc) is 2.85. The van der Waals surface area contributed by atoms with Gasteiger partial charge < -0.3 is 15.3 Å². The summed E-state index contributed by atoms with van der Waals surface area (Å²) < 4.78 is 0. The molecule has 5 aliphatic carbocycles. The molecule has 0 aliphatic heterocycles. The highest BCUT2D eigenvalue weighted by Gasteiger charge is 2.64. The van der Waals surface area contributed by atoms with Gasteiger partial charge in [-0.15, -0.1) is 0 Å². The topological polar surface area (TPSA) is 77.8 Å². The number of aliphatic hydroxyl groups excluding tert-OH is 2. The van der Waals surface area contributed by atoms with E-state index in [1.165, 1.54) is 11.1 Å². The monoisotopic (exact) mass is 472 g/mol. The van der Waals surface area contributed by atoms with E-state index in [-0.39, 0.29) is 33.7 Å². The molecule has 0 aromatic heterocycles. The number of allylic oxidation sites excluding steroid dienone is 1. The van der Waals surface area contributed by atoms with Crippen molar-refractivity contribution in [2.24, 2.45) is 44.8 Å². The summed E-state index contributed by atoms with van der Waals surface area (Å²) in [7, 11) is 0. The van der Waals surface area contributed by atoms with E-state index in [9.17, 15) is 20.1 Å². The van der Waals surface area contributed by atoms with E-state index >= 15 is 0 Å². The Labute approximate surface area is 206 Å². The number of carboxylic acids is 1. The lowest BCUT2D eigenvalue weighted by Gasteiger charge is -2.64. The molecule has 34 heavy (non-hydrogen) atoms. The lowest BCUT2D eigenvalue weighted by Crippen LogP contribution is -2.59. The fraction of sp³-hybridized carbons (Fsp3) is 0.900. The van der Waals surface area contributed by atoms with Crippen molar-refractivity contribution in [3.05, 3.63) is 11.1 Å². The van der Waals surface area contributed by atoms with E-state index in [4.69, 9.17) is 0 Å². The minimum Gasteiger partial charge on any atom is -0.481 e. The van der Waals surface area contributed by atoms with Crippen LogP contribution in [0.25, 0.3) is 0 Å². The smallest absolute Gasteiger partial charge is 0.310 e. The molecule has 4 heteroatoms. The molecule has 0 heterocycles. The zero-order valence-corrected chi connectivity index (χ0v) is 22.4. The summed E-state index contributed by atoms with van der Waals surface area (Å²) >= 11 is 0. The van der Waals surface area contributed by atoms with Crippen LogP contribution < -0.4 is 0 Å². The molecular weight excluding hydrogens is 424 g/mol. The van der Waals surface area contributed by atoms with Crippen LogP contribution in [0.3, 0.4) is 0 Å². The first-order chi connectivity index (χ1) is 15.7. The van der Waals surface area contributed by atoms with Gasteiger partial charge in [0.2, 0.25) is 0 Å². The van der Waals surface area contributed by atoms with Gasteiger partial charge >= 0.3 is 5.97 Å². The number of hydrogen-bond donors (Lipinski definition) is 3. The maximum Gasteiger partial charge on any atom is 0.310 e. The number of aliphatic hydroxyl groups is 2. The summed E-state index contributed by atoms with van der Waals surface area (Å²) in [4.78, 5) is 12.8. The molecule has 0 spiro atoms. The number of hydrogen-bond acceptors (Lipinski definition) is 3. The highest BCUT2D eigenvalue weighted by Crippen LogP contribution is 2.70. The SMILES string of the molecule is CC1(C)CC[C@]2(C(=O)O)CCC3=C(C[C@@H](O)C[C@@H]4[C@@]5(C)CC[C@H](O)C(C)(C)[C@@H]5CC[C@@]34C)[C@@H]2C1. The van der Waals surface area contributed by atoms with Crippen LogP contribution in [-0.4, -0.2) is 33.5 Å². The van der Waals surface area contributed by atoms with E-state index in [0.29, 0.717) is 18.3 Å². The summed E-state index contributed by atoms with van der Waals surface area (Å²) in [5.74, 6) is 0.269. The van der Waals surface area contributed by atoms with Gasteiger partial charge in [-0.05, 0) is 110 Å². The van der Waals surface area contributed by atoms with Crippen molar-refractivity contribution in [3.63, 3.8) is 0 Å². The number of carbonyl (C=O) groups is 1. The van der Waals surface area contributed by atoms with E-state index in [0.717, 1.165) is 64.2 Å². The second-order valence-electron chi connectivity index (χ2n) is 14.9. The Balaban J connectivity index is 1.63. The number of fused-ring (bicyclic) bond motifs is 6. The van der Waals surface area contributed by atoms with E-state index in [1.54, 1.807) is 0 Å². The minimum absolute atomic E-state index is 0.0166. The van der Waals surface area contributed by atoms with Gasteiger partial charge in [0.25, 0.3) is 0 Å². The molecule has 0 radical (unpaired) electrons. The maximum atomic E-state index is 12.8. The number of aliphatic carboxylic acids is 1. The van der Waals surface area contributed by atoms with E-state index in [1.807, 2.05) is 0 Å². The van der Waals surface area contributed by atoms with Gasteiger partial charge in [-0.3, -0.25) is 4.79 Å². The van der Waals surface area contributed by atoms with Gasteiger partial charge in [0, 0.05) is 0 Å². The summed E-state index contributed by atoms with van der Waals surface area (Å²) in [5, 5.41) is 32.9. The molecule has 0 saturated heterocycles. The Morgan fingerprint density at radius 1 is 0.882 bits per heavy atom. The Hall–Kier alpha value is -0.870. The van der Waals surface area contributed by atoms with Crippen molar-refractivity contribution in [1.82, 2.24) is 0 Å². The van der Waals surface area contributed by atoms with Crippen molar-refractivity contribution in [2.45, 2.75) is 124 Å². The van der Waals surface area contributed by atoms with Crippen molar-refractivity contribution in [2.75, 3.05) is 0 Å². The molecule has 3 saturated carbocycles. The van der Waals surface area contributed by atoms with Crippen LogP contribution in [-0.2, 0) is 4.79 Å². The maximum absolute atomic E-state index is 12.8. The molecule has 0 unspecified atom stereocenters. The molecule has 0 aromatic carbocycles. The van der Waals surface area contributed by atoms with Crippen molar-refractivity contribution in [1.29, 1.82) is 0 Å². The van der Waals surface area contributed by atoms with Gasteiger partial charge in [-0.1, -0.05) is 52.7 Å². The standard InChI is InChI=1S/C30H48O4/c1-26(2)13-14-30(25(33)34)12-7-20-19(21(30)17-26)15-18(31)16-23-28(20,5)10-8-22-27(3,4)24(32)9-11-29(22,23)6/h18,21-24,31-32H,7-17H2,1-6H3,(H,33,34)/t18-,21+,22+,23+,24+,28+,29+,30-/m1/s1. The van der Waals surface area contributed by atoms with Crippen molar-refractivity contribution < 1.29 is 20.1 Å². The lowest BCUT2D eigenvalue weighted by atomic mass is 9.40. The minimum atomic E-state index is -0.650. The molecule has 0 bridgehead atoms. The van der Waals surface area contributed by atoms with Crippen LogP contribution in [0.4, 0.5) is 0 Å². The fourth-order valence-corrected chi connectivity index (χ4v) is 10.4. The molecule has 0 aromatic rings. The highest BCUT2D eigenvalue weighted by atomic mass is 16.4. The summed E-state index contributed by atoms with van der Waals surface area (Å²) in [6.07, 6.45) is 9.16. The van der Waals surface area contributed by atoms with Gasteiger partial charge in [-0.25, -0.2) is 0 Å². The van der Waals surface area contributed by atoms with Crippen LogP contribution >= 0.6 is 0 Å². The molecule has 8 atom stereocenters. The number of rotatable bonds is 1. The largest absolute Gasteiger partial charge is 0.481 e. The van der Waals surface area contributed by atoms with Gasteiger partial charge in [0.1, 0.15) is 0 Å². The fourth-order valence-electron chi connectivity index (χ4n) is 10.4. The van der Waals surface area contributed by atoms with Crippen LogP contribution in [0.5, 0.6) is 0 Å². The Morgan fingerprint density at radius 3 is 2.26 bits per heavy atom. The zero-order chi connectivity index (χ0) is 24.9. The van der Waals surface area contributed by atoms with Crippen LogP contribution in [0.2, 0.25) is 0 Å². The van der Waals surface area contributed by atoms with Crippen LogP contribution in [0.15, 0.2) is 11.1 Å². The molecule has 0 amide bonds. The Kier molecular flexibility index (Phi) is 5.52. The van der Waals surface area contributed by atoms with Crippen LogP contribution in [0.1, 0.15) is 112 Å². The number of carboxylic acid groups (broad SMARTS) is 1. The van der Waals surface area contributed by atoms with E-state index < -0.39 is 17.5 Å². The summed E-state index contributed by atoms with van der Waals surface area (Å²) in [6, 6.07) is 0. The summed E-state index contributed by atoms with van der Waals surface area (Å²) in [6.45, 7) is 14.0. The molecule has 5 rings (SSSR count). The third-order valence-corrected chi connectivity index (χ3v) is 12.4. The molecule has 3 fully saturated rings. The molecule has 192 valence electrons. The molecule has 4 nitrogen and oxygen atoms in total. The Morgan fingerprint density at radius 2 is 1.59 bits per heavy atom. The first kappa shape index (κ1) is 24.8. The molecular formula is C30H48O4. The molecule has 3 N–H and O–H groups in total. The van der Waals surface area contributed by atoms with Gasteiger partial charge in [-0.2, -0.15) is 0 Å². The van der Waals surface area contributed by atoms with Gasteiger partial charge in [0.15, 0.2) is 0 Å². The van der Waals surface area contributed by atoms with E-state index in [2.05, 4.69) is 41.5 Å². The first-order valence-electron chi connectivity index (χ1n) is 14.0. The normalized spacial score (nSPS) is 49.7. The quantitative estimate of drug-likeness (QED) is 0.389. The second kappa shape index (κ2) is 7.57. The highest BCUT2D eigenvalue weighted by molar-refractivity contribution is 5.76. The Bertz CT molecular complexity index is 901.